The number of benzene rings is 1. The minimum absolute atomic E-state index is 0.0515. The second-order valence-corrected chi connectivity index (χ2v) is 5.26. The lowest BCUT2D eigenvalue weighted by atomic mass is 10.1. The number of nitrogens with zero attached hydrogens (tertiary/aromatic N) is 1. The lowest BCUT2D eigenvalue weighted by Crippen LogP contribution is -2.36. The van der Waals surface area contributed by atoms with Crippen LogP contribution < -0.4 is 5.32 Å². The monoisotopic (exact) mass is 280 g/mol. The van der Waals surface area contributed by atoms with Gasteiger partial charge in [-0.15, -0.1) is 0 Å². The van der Waals surface area contributed by atoms with Gasteiger partial charge in [-0.1, -0.05) is 23.7 Å². The maximum Gasteiger partial charge on any atom is 0.224 e. The molecule has 0 saturated carbocycles. The summed E-state index contributed by atoms with van der Waals surface area (Å²) in [6.07, 6.45) is 1.17. The summed E-state index contributed by atoms with van der Waals surface area (Å²) in [5, 5.41) is 3.50. The standard InChI is InChI=1S/C14H17ClN2O2/c1-10(18)16-13-8-14(19)17(9-13)6-5-11-3-2-4-12(15)7-11/h2-4,7,13H,5-6,8-9H2,1H3,(H,16,18). The lowest BCUT2D eigenvalue weighted by molar-refractivity contribution is -0.127. The third-order valence-corrected chi connectivity index (χ3v) is 3.42. The summed E-state index contributed by atoms with van der Waals surface area (Å²) < 4.78 is 0. The Morgan fingerprint density at radius 3 is 3.00 bits per heavy atom. The van der Waals surface area contributed by atoms with E-state index in [0.717, 1.165) is 12.0 Å². The van der Waals surface area contributed by atoms with E-state index in [1.54, 1.807) is 4.90 Å². The average molecular weight is 281 g/mol. The van der Waals surface area contributed by atoms with Crippen molar-refractivity contribution in [1.29, 1.82) is 0 Å². The Morgan fingerprint density at radius 2 is 2.32 bits per heavy atom. The number of likely N-dealkylation sites (tertiary alicyclic amines) is 1. The van der Waals surface area contributed by atoms with E-state index in [-0.39, 0.29) is 17.9 Å². The zero-order valence-corrected chi connectivity index (χ0v) is 11.6. The van der Waals surface area contributed by atoms with Crippen molar-refractivity contribution in [2.24, 2.45) is 0 Å². The number of nitrogens with one attached hydrogen (secondary N) is 1. The molecule has 1 aromatic carbocycles. The highest BCUT2D eigenvalue weighted by Gasteiger charge is 2.29. The summed E-state index contributed by atoms with van der Waals surface area (Å²) in [7, 11) is 0. The third-order valence-electron chi connectivity index (χ3n) is 3.18. The van der Waals surface area contributed by atoms with Crippen LogP contribution in [0, 0.1) is 0 Å². The van der Waals surface area contributed by atoms with E-state index in [4.69, 9.17) is 11.6 Å². The SMILES string of the molecule is CC(=O)NC1CC(=O)N(CCc2cccc(Cl)c2)C1. The molecule has 0 spiro atoms. The molecule has 1 aromatic rings. The number of halogens is 1. The highest BCUT2D eigenvalue weighted by molar-refractivity contribution is 6.30. The van der Waals surface area contributed by atoms with E-state index in [9.17, 15) is 9.59 Å². The van der Waals surface area contributed by atoms with Crippen molar-refractivity contribution in [3.8, 4) is 0 Å². The molecule has 1 unspecified atom stereocenters. The maximum atomic E-state index is 11.8. The molecule has 2 rings (SSSR count). The molecule has 0 bridgehead atoms. The first-order valence-corrected chi connectivity index (χ1v) is 6.71. The van der Waals surface area contributed by atoms with E-state index in [0.29, 0.717) is 24.5 Å². The Labute approximate surface area is 117 Å². The number of hydrogen-bond acceptors (Lipinski definition) is 2. The zero-order valence-electron chi connectivity index (χ0n) is 10.9. The number of carbonyl (C=O) groups is 2. The summed E-state index contributed by atoms with van der Waals surface area (Å²) in [4.78, 5) is 24.6. The van der Waals surface area contributed by atoms with Crippen LogP contribution in [0.1, 0.15) is 18.9 Å². The molecule has 0 aromatic heterocycles. The van der Waals surface area contributed by atoms with Gasteiger partial charge in [0.25, 0.3) is 0 Å². The van der Waals surface area contributed by atoms with Gasteiger partial charge in [0.15, 0.2) is 0 Å². The van der Waals surface area contributed by atoms with Gasteiger partial charge in [-0.3, -0.25) is 9.59 Å². The van der Waals surface area contributed by atoms with Gasteiger partial charge >= 0.3 is 0 Å². The van der Waals surface area contributed by atoms with Crippen LogP contribution in [0.3, 0.4) is 0 Å². The minimum atomic E-state index is -0.0884. The first-order chi connectivity index (χ1) is 9.04. The molecule has 1 fully saturated rings. The minimum Gasteiger partial charge on any atom is -0.351 e. The zero-order chi connectivity index (χ0) is 13.8. The Bertz CT molecular complexity index is 490. The first-order valence-electron chi connectivity index (χ1n) is 6.34. The van der Waals surface area contributed by atoms with Gasteiger partial charge in [-0.25, -0.2) is 0 Å². The van der Waals surface area contributed by atoms with E-state index in [2.05, 4.69) is 5.32 Å². The second-order valence-electron chi connectivity index (χ2n) is 4.82. The van der Waals surface area contributed by atoms with Crippen molar-refractivity contribution in [2.45, 2.75) is 25.8 Å². The maximum absolute atomic E-state index is 11.8. The summed E-state index contributed by atoms with van der Waals surface area (Å²) in [6.45, 7) is 2.73. The summed E-state index contributed by atoms with van der Waals surface area (Å²) in [5.74, 6) is 0.00951. The van der Waals surface area contributed by atoms with Gasteiger partial charge in [-0.2, -0.15) is 0 Å². The van der Waals surface area contributed by atoms with Crippen LogP contribution in [0.25, 0.3) is 0 Å². The Morgan fingerprint density at radius 1 is 1.53 bits per heavy atom. The molecule has 1 atom stereocenters. The van der Waals surface area contributed by atoms with E-state index in [1.165, 1.54) is 6.92 Å². The van der Waals surface area contributed by atoms with Gasteiger partial charge in [-0.05, 0) is 24.1 Å². The van der Waals surface area contributed by atoms with Crippen LogP contribution in [0.2, 0.25) is 5.02 Å². The van der Waals surface area contributed by atoms with Crippen LogP contribution in [-0.2, 0) is 16.0 Å². The summed E-state index contributed by atoms with van der Waals surface area (Å²) in [5.41, 5.74) is 1.11. The second kappa shape index (κ2) is 6.06. The van der Waals surface area contributed by atoms with Crippen LogP contribution >= 0.6 is 11.6 Å². The van der Waals surface area contributed by atoms with Gasteiger partial charge in [0.2, 0.25) is 11.8 Å². The molecule has 0 aliphatic carbocycles. The molecule has 1 aliphatic heterocycles. The van der Waals surface area contributed by atoms with Crippen molar-refractivity contribution in [3.63, 3.8) is 0 Å². The van der Waals surface area contributed by atoms with Gasteiger partial charge in [0, 0.05) is 31.5 Å². The number of hydrogen-bond donors (Lipinski definition) is 1. The number of amides is 2. The molecule has 19 heavy (non-hydrogen) atoms. The summed E-state index contributed by atoms with van der Waals surface area (Å²) in [6, 6.07) is 7.59. The predicted octanol–water partition coefficient (Wildman–Crippen LogP) is 1.62. The third kappa shape index (κ3) is 3.96. The Balaban J connectivity index is 1.86. The fourth-order valence-electron chi connectivity index (χ4n) is 2.33. The molecule has 1 N–H and O–H groups in total. The number of rotatable bonds is 4. The van der Waals surface area contributed by atoms with E-state index < -0.39 is 0 Å². The molecular formula is C14H17ClN2O2. The normalized spacial score (nSPS) is 18.7. The predicted molar refractivity (Wildman–Crippen MR) is 74.0 cm³/mol. The molecule has 0 radical (unpaired) electrons. The van der Waals surface area contributed by atoms with Crippen LogP contribution in [-0.4, -0.2) is 35.8 Å². The highest BCUT2D eigenvalue weighted by Crippen LogP contribution is 2.14. The quantitative estimate of drug-likeness (QED) is 0.911. The van der Waals surface area contributed by atoms with E-state index >= 15 is 0 Å². The molecule has 1 saturated heterocycles. The van der Waals surface area contributed by atoms with Gasteiger partial charge in [0.1, 0.15) is 0 Å². The summed E-state index contributed by atoms with van der Waals surface area (Å²) >= 11 is 5.92. The lowest BCUT2D eigenvalue weighted by Gasteiger charge is -2.16. The largest absolute Gasteiger partial charge is 0.351 e. The van der Waals surface area contributed by atoms with Crippen molar-refractivity contribution in [2.75, 3.05) is 13.1 Å². The Kier molecular flexibility index (Phi) is 4.43. The van der Waals surface area contributed by atoms with E-state index in [1.807, 2.05) is 24.3 Å². The van der Waals surface area contributed by atoms with Gasteiger partial charge in [0.05, 0.1) is 6.04 Å². The van der Waals surface area contributed by atoms with Crippen molar-refractivity contribution >= 4 is 23.4 Å². The molecule has 5 heteroatoms. The van der Waals surface area contributed by atoms with Crippen LogP contribution in [0.15, 0.2) is 24.3 Å². The first kappa shape index (κ1) is 13.9. The fourth-order valence-corrected chi connectivity index (χ4v) is 2.54. The Hall–Kier alpha value is -1.55. The van der Waals surface area contributed by atoms with Crippen molar-refractivity contribution < 1.29 is 9.59 Å². The fraction of sp³-hybridized carbons (Fsp3) is 0.429. The highest BCUT2D eigenvalue weighted by atomic mass is 35.5. The molecule has 4 nitrogen and oxygen atoms in total. The van der Waals surface area contributed by atoms with Crippen LogP contribution in [0.5, 0.6) is 0 Å². The van der Waals surface area contributed by atoms with Crippen LogP contribution in [0.4, 0.5) is 0 Å². The van der Waals surface area contributed by atoms with Crippen molar-refractivity contribution in [3.05, 3.63) is 34.9 Å². The molecule has 2 amide bonds. The molecule has 102 valence electrons. The number of carbonyl (C=O) groups excluding carboxylic acids is 2. The van der Waals surface area contributed by atoms with Crippen molar-refractivity contribution in [1.82, 2.24) is 10.2 Å². The molecule has 1 heterocycles. The average Bonchev–Trinajstić information content (AvgIpc) is 2.66. The molecular weight excluding hydrogens is 264 g/mol. The topological polar surface area (TPSA) is 49.4 Å². The molecule has 1 aliphatic rings. The smallest absolute Gasteiger partial charge is 0.224 e. The van der Waals surface area contributed by atoms with Gasteiger partial charge < -0.3 is 10.2 Å².